The molecule has 19 heavy (non-hydrogen) atoms. The summed E-state index contributed by atoms with van der Waals surface area (Å²) in [5.41, 5.74) is 2.16. The van der Waals surface area contributed by atoms with Gasteiger partial charge in [-0.05, 0) is 43.9 Å². The molecule has 0 fully saturated rings. The van der Waals surface area contributed by atoms with E-state index in [-0.39, 0.29) is 5.78 Å². The maximum absolute atomic E-state index is 12.1. The Labute approximate surface area is 119 Å². The van der Waals surface area contributed by atoms with Crippen LogP contribution >= 0.6 is 11.6 Å². The van der Waals surface area contributed by atoms with Crippen LogP contribution < -0.4 is 4.74 Å². The van der Waals surface area contributed by atoms with E-state index in [1.807, 2.05) is 12.1 Å². The lowest BCUT2D eigenvalue weighted by atomic mass is 9.94. The molecular weight excluding hydrogens is 260 g/mol. The number of carbonyl (C=O) groups is 1. The Bertz CT molecular complexity index is 492. The van der Waals surface area contributed by atoms with Crippen LogP contribution in [0.15, 0.2) is 29.8 Å². The summed E-state index contributed by atoms with van der Waals surface area (Å²) in [4.78, 5) is 12.1. The van der Waals surface area contributed by atoms with Gasteiger partial charge in [-0.3, -0.25) is 4.79 Å². The van der Waals surface area contributed by atoms with Crippen LogP contribution in [0, 0.1) is 0 Å². The number of ether oxygens (including phenoxy) is 1. The van der Waals surface area contributed by atoms with Crippen LogP contribution in [-0.4, -0.2) is 12.9 Å². The fourth-order valence-corrected chi connectivity index (χ4v) is 2.67. The molecule has 0 aliphatic heterocycles. The van der Waals surface area contributed by atoms with Gasteiger partial charge in [0.2, 0.25) is 0 Å². The number of halogens is 1. The van der Waals surface area contributed by atoms with E-state index in [2.05, 4.69) is 6.08 Å². The van der Waals surface area contributed by atoms with E-state index >= 15 is 0 Å². The second-order valence-electron chi connectivity index (χ2n) is 4.96. The van der Waals surface area contributed by atoms with Gasteiger partial charge in [-0.15, -0.1) is 0 Å². The Morgan fingerprint density at radius 2 is 2.16 bits per heavy atom. The van der Waals surface area contributed by atoms with E-state index in [9.17, 15) is 4.79 Å². The number of benzene rings is 1. The van der Waals surface area contributed by atoms with E-state index in [4.69, 9.17) is 16.3 Å². The summed E-state index contributed by atoms with van der Waals surface area (Å²) < 4.78 is 5.27. The fraction of sp³-hybridized carbons (Fsp3) is 0.438. The number of carbonyl (C=O) groups excluding carboxylic acids is 1. The Hall–Kier alpha value is -1.28. The van der Waals surface area contributed by atoms with Crippen molar-refractivity contribution in [3.8, 4) is 5.75 Å². The largest absolute Gasteiger partial charge is 0.496 e. The van der Waals surface area contributed by atoms with Gasteiger partial charge in [-0.2, -0.15) is 0 Å². The van der Waals surface area contributed by atoms with E-state index in [1.165, 1.54) is 18.4 Å². The molecule has 1 aliphatic carbocycles. The molecule has 0 amide bonds. The van der Waals surface area contributed by atoms with Crippen molar-refractivity contribution in [2.24, 2.45) is 0 Å². The van der Waals surface area contributed by atoms with Crippen LogP contribution in [0.25, 0.3) is 0 Å². The van der Waals surface area contributed by atoms with Crippen LogP contribution in [0.5, 0.6) is 5.75 Å². The molecule has 0 saturated heterocycles. The smallest absolute Gasteiger partial charge is 0.141 e. The van der Waals surface area contributed by atoms with Crippen LogP contribution in [0.2, 0.25) is 5.02 Å². The average Bonchev–Trinajstić information content (AvgIpc) is 2.40. The maximum Gasteiger partial charge on any atom is 0.141 e. The van der Waals surface area contributed by atoms with Crippen molar-refractivity contribution in [1.82, 2.24) is 0 Å². The third-order valence-electron chi connectivity index (χ3n) is 3.44. The first kappa shape index (κ1) is 14.1. The van der Waals surface area contributed by atoms with Gasteiger partial charge in [0.05, 0.1) is 7.11 Å². The minimum atomic E-state index is 0.230. The summed E-state index contributed by atoms with van der Waals surface area (Å²) >= 11 is 5.97. The molecule has 0 saturated carbocycles. The van der Waals surface area contributed by atoms with Gasteiger partial charge in [0.25, 0.3) is 0 Å². The summed E-state index contributed by atoms with van der Waals surface area (Å²) in [5.74, 6) is 0.962. The lowest BCUT2D eigenvalue weighted by Crippen LogP contribution is -2.07. The zero-order chi connectivity index (χ0) is 13.7. The second kappa shape index (κ2) is 6.76. The van der Waals surface area contributed by atoms with Crippen molar-refractivity contribution in [2.75, 3.05) is 7.11 Å². The lowest BCUT2D eigenvalue weighted by molar-refractivity contribution is -0.117. The molecule has 0 aromatic heterocycles. The highest BCUT2D eigenvalue weighted by Gasteiger charge is 2.12. The molecule has 0 bridgehead atoms. The number of methoxy groups -OCH3 is 1. The van der Waals surface area contributed by atoms with Crippen molar-refractivity contribution in [3.63, 3.8) is 0 Å². The summed E-state index contributed by atoms with van der Waals surface area (Å²) in [6.45, 7) is 0. The molecule has 2 nitrogen and oxygen atoms in total. The Morgan fingerprint density at radius 3 is 2.84 bits per heavy atom. The minimum Gasteiger partial charge on any atom is -0.496 e. The molecule has 0 radical (unpaired) electrons. The highest BCUT2D eigenvalue weighted by atomic mass is 35.5. The van der Waals surface area contributed by atoms with Crippen LogP contribution in [-0.2, 0) is 11.2 Å². The van der Waals surface area contributed by atoms with Gasteiger partial charge >= 0.3 is 0 Å². The predicted molar refractivity (Wildman–Crippen MR) is 77.9 cm³/mol. The Morgan fingerprint density at radius 1 is 1.32 bits per heavy atom. The van der Waals surface area contributed by atoms with Gasteiger partial charge in [-0.25, -0.2) is 0 Å². The molecule has 0 unspecified atom stereocenters. The highest BCUT2D eigenvalue weighted by Crippen LogP contribution is 2.25. The van der Waals surface area contributed by atoms with Crippen molar-refractivity contribution in [2.45, 2.75) is 38.5 Å². The third kappa shape index (κ3) is 4.10. The first-order valence-corrected chi connectivity index (χ1v) is 7.09. The number of rotatable bonds is 5. The quantitative estimate of drug-likeness (QED) is 0.749. The molecule has 1 aliphatic rings. The molecular formula is C16H19ClO2. The van der Waals surface area contributed by atoms with Crippen LogP contribution in [0.3, 0.4) is 0 Å². The van der Waals surface area contributed by atoms with Gasteiger partial charge in [0.15, 0.2) is 0 Å². The van der Waals surface area contributed by atoms with E-state index < -0.39 is 0 Å². The van der Waals surface area contributed by atoms with Crippen molar-refractivity contribution in [1.29, 1.82) is 0 Å². The molecule has 1 aromatic carbocycles. The Balaban J connectivity index is 2.02. The SMILES string of the molecule is COc1ccc(Cl)cc1CC(=O)CC1=CCCCC1. The summed E-state index contributed by atoms with van der Waals surface area (Å²) in [6, 6.07) is 5.40. The third-order valence-corrected chi connectivity index (χ3v) is 3.67. The average molecular weight is 279 g/mol. The molecule has 3 heteroatoms. The number of hydrogen-bond acceptors (Lipinski definition) is 2. The summed E-state index contributed by atoms with van der Waals surface area (Å²) in [5, 5.41) is 0.639. The standard InChI is InChI=1S/C16H19ClO2/c1-19-16-8-7-14(17)10-13(16)11-15(18)9-12-5-3-2-4-6-12/h5,7-8,10H,2-4,6,9,11H2,1H3. The van der Waals surface area contributed by atoms with Gasteiger partial charge in [0.1, 0.15) is 11.5 Å². The molecule has 0 heterocycles. The van der Waals surface area contributed by atoms with Crippen LogP contribution in [0.1, 0.15) is 37.7 Å². The van der Waals surface area contributed by atoms with Crippen molar-refractivity contribution >= 4 is 17.4 Å². The molecule has 0 atom stereocenters. The number of ketones is 1. The molecule has 2 rings (SSSR count). The topological polar surface area (TPSA) is 26.3 Å². The summed E-state index contributed by atoms with van der Waals surface area (Å²) in [7, 11) is 1.61. The molecule has 102 valence electrons. The monoisotopic (exact) mass is 278 g/mol. The Kier molecular flexibility index (Phi) is 5.03. The number of allylic oxidation sites excluding steroid dienone is 2. The second-order valence-corrected chi connectivity index (χ2v) is 5.39. The normalized spacial score (nSPS) is 14.9. The van der Waals surface area contributed by atoms with Crippen LogP contribution in [0.4, 0.5) is 0 Å². The number of hydrogen-bond donors (Lipinski definition) is 0. The van der Waals surface area contributed by atoms with Crippen molar-refractivity contribution in [3.05, 3.63) is 40.4 Å². The van der Waals surface area contributed by atoms with Gasteiger partial charge in [-0.1, -0.05) is 23.3 Å². The van der Waals surface area contributed by atoms with Gasteiger partial charge < -0.3 is 4.74 Å². The first-order valence-electron chi connectivity index (χ1n) is 6.71. The minimum absolute atomic E-state index is 0.230. The lowest BCUT2D eigenvalue weighted by Gasteiger charge is -2.13. The zero-order valence-electron chi connectivity index (χ0n) is 11.2. The zero-order valence-corrected chi connectivity index (χ0v) is 12.0. The van der Waals surface area contributed by atoms with Crippen molar-refractivity contribution < 1.29 is 9.53 Å². The number of Topliss-reactive ketones (excluding diaryl/α,β-unsaturated/α-hetero) is 1. The fourth-order valence-electron chi connectivity index (χ4n) is 2.48. The molecule has 1 aromatic rings. The molecule has 0 N–H and O–H groups in total. The van der Waals surface area contributed by atoms with E-state index in [0.717, 1.165) is 24.2 Å². The van der Waals surface area contributed by atoms with E-state index in [1.54, 1.807) is 13.2 Å². The molecule has 0 spiro atoms. The summed E-state index contributed by atoms with van der Waals surface area (Å²) in [6.07, 6.45) is 7.81. The first-order chi connectivity index (χ1) is 9.19. The van der Waals surface area contributed by atoms with Gasteiger partial charge in [0, 0.05) is 23.4 Å². The maximum atomic E-state index is 12.1. The van der Waals surface area contributed by atoms with E-state index in [0.29, 0.717) is 17.9 Å². The predicted octanol–water partition coefficient (Wildman–Crippen LogP) is 4.35. The highest BCUT2D eigenvalue weighted by molar-refractivity contribution is 6.30.